The number of rotatable bonds is 4. The summed E-state index contributed by atoms with van der Waals surface area (Å²) in [6.07, 6.45) is 2.14. The molecule has 0 aliphatic rings. The first-order valence-corrected chi connectivity index (χ1v) is 4.17. The van der Waals surface area contributed by atoms with Crippen molar-refractivity contribution in [3.05, 3.63) is 24.3 Å². The molecule has 1 aromatic carbocycles. The molecule has 0 saturated heterocycles. The first-order chi connectivity index (χ1) is 5.83. The van der Waals surface area contributed by atoms with Gasteiger partial charge in [-0.1, -0.05) is 19.4 Å². The lowest BCUT2D eigenvalue weighted by Crippen LogP contribution is -1.95. The molecule has 0 heterocycles. The lowest BCUT2D eigenvalue weighted by molar-refractivity contribution is 0.307. The van der Waals surface area contributed by atoms with Gasteiger partial charge >= 0.3 is 0 Å². The fraction of sp³-hybridized carbons (Fsp3) is 0.400. The minimum absolute atomic E-state index is 0.129. The van der Waals surface area contributed by atoms with Crippen molar-refractivity contribution < 1.29 is 9.84 Å². The molecule has 12 heavy (non-hydrogen) atoms. The fourth-order valence-electron chi connectivity index (χ4n) is 0.847. The smallest absolute Gasteiger partial charge is 0.131 e. The molecule has 0 fully saturated rings. The zero-order chi connectivity index (χ0) is 8.81. The lowest BCUT2D eigenvalue weighted by atomic mass is 10.3. The summed E-state index contributed by atoms with van der Waals surface area (Å²) >= 11 is 0. The molecule has 2 heteroatoms. The summed E-state index contributed by atoms with van der Waals surface area (Å²) in [5.41, 5.74) is 0. The van der Waals surface area contributed by atoms with Crippen molar-refractivity contribution in [1.82, 2.24) is 0 Å². The molecule has 0 spiro atoms. The van der Waals surface area contributed by atoms with E-state index in [2.05, 4.69) is 13.0 Å². The fourth-order valence-corrected chi connectivity index (χ4v) is 0.847. The number of phenols is 1. The molecule has 0 aromatic heterocycles. The number of phenolic OH excluding ortho intramolecular Hbond substituents is 1. The van der Waals surface area contributed by atoms with Gasteiger partial charge in [0.15, 0.2) is 0 Å². The summed E-state index contributed by atoms with van der Waals surface area (Å²) in [6.45, 7) is 2.80. The van der Waals surface area contributed by atoms with Crippen molar-refractivity contribution in [2.45, 2.75) is 19.8 Å². The maximum atomic E-state index is 9.03. The quantitative estimate of drug-likeness (QED) is 0.694. The average Bonchev–Trinajstić information content (AvgIpc) is 2.05. The van der Waals surface area contributed by atoms with Crippen molar-refractivity contribution in [1.29, 1.82) is 0 Å². The van der Waals surface area contributed by atoms with Crippen LogP contribution in [0.2, 0.25) is 0 Å². The van der Waals surface area contributed by atoms with Crippen molar-refractivity contribution >= 4 is 0 Å². The van der Waals surface area contributed by atoms with E-state index in [9.17, 15) is 0 Å². The third-order valence-electron chi connectivity index (χ3n) is 1.51. The van der Waals surface area contributed by atoms with Crippen molar-refractivity contribution in [3.8, 4) is 11.5 Å². The topological polar surface area (TPSA) is 29.5 Å². The predicted octanol–water partition coefficient (Wildman–Crippen LogP) is 2.37. The Labute approximate surface area is 72.8 Å². The summed E-state index contributed by atoms with van der Waals surface area (Å²) < 4.78 is 5.31. The van der Waals surface area contributed by atoms with Gasteiger partial charge in [-0.25, -0.2) is 0 Å². The molecule has 1 rings (SSSR count). The molecule has 1 radical (unpaired) electrons. The third-order valence-corrected chi connectivity index (χ3v) is 1.51. The minimum Gasteiger partial charge on any atom is -0.507 e. The van der Waals surface area contributed by atoms with Crippen molar-refractivity contribution in [2.75, 3.05) is 6.61 Å². The Bertz CT molecular complexity index is 233. The van der Waals surface area contributed by atoms with E-state index in [1.165, 1.54) is 0 Å². The largest absolute Gasteiger partial charge is 0.507 e. The summed E-state index contributed by atoms with van der Waals surface area (Å²) in [5.74, 6) is 0.743. The molecule has 0 bridgehead atoms. The zero-order valence-corrected chi connectivity index (χ0v) is 7.21. The number of hydrogen-bond acceptors (Lipinski definition) is 2. The van der Waals surface area contributed by atoms with Crippen LogP contribution in [0.15, 0.2) is 18.2 Å². The van der Waals surface area contributed by atoms with Crippen LogP contribution in [-0.2, 0) is 0 Å². The van der Waals surface area contributed by atoms with Gasteiger partial charge in [0.1, 0.15) is 11.5 Å². The van der Waals surface area contributed by atoms with Gasteiger partial charge in [0.05, 0.1) is 12.7 Å². The molecule has 0 aliphatic heterocycles. The molecule has 0 saturated carbocycles. The second-order valence-electron chi connectivity index (χ2n) is 2.60. The molecule has 0 atom stereocenters. The highest BCUT2D eigenvalue weighted by molar-refractivity contribution is 5.29. The van der Waals surface area contributed by atoms with E-state index in [-0.39, 0.29) is 5.75 Å². The van der Waals surface area contributed by atoms with E-state index in [1.54, 1.807) is 18.2 Å². The van der Waals surface area contributed by atoms with Crippen LogP contribution in [0.1, 0.15) is 19.8 Å². The van der Waals surface area contributed by atoms with Crippen LogP contribution in [-0.4, -0.2) is 11.7 Å². The standard InChI is InChI=1S/C10H13O2/c1-2-3-7-12-10-6-4-5-9(11)8-10/h4-6,11H,2-3,7H2,1H3. The molecule has 2 nitrogen and oxygen atoms in total. The van der Waals surface area contributed by atoms with Gasteiger partial charge in [-0.3, -0.25) is 0 Å². The van der Waals surface area contributed by atoms with Gasteiger partial charge < -0.3 is 9.84 Å². The van der Waals surface area contributed by atoms with E-state index >= 15 is 0 Å². The van der Waals surface area contributed by atoms with E-state index < -0.39 is 0 Å². The summed E-state index contributed by atoms with van der Waals surface area (Å²) in [4.78, 5) is 0. The van der Waals surface area contributed by atoms with Crippen LogP contribution in [0.25, 0.3) is 0 Å². The number of unbranched alkanes of at least 4 members (excludes halogenated alkanes) is 1. The molecule has 1 aromatic rings. The summed E-state index contributed by atoms with van der Waals surface area (Å²) in [7, 11) is 0. The lowest BCUT2D eigenvalue weighted by Gasteiger charge is -2.03. The Morgan fingerprint density at radius 3 is 3.00 bits per heavy atom. The Balaban J connectivity index is 2.41. The van der Waals surface area contributed by atoms with Gasteiger partial charge in [0.25, 0.3) is 0 Å². The zero-order valence-electron chi connectivity index (χ0n) is 7.21. The summed E-state index contributed by atoms with van der Waals surface area (Å²) in [6, 6.07) is 7.81. The minimum atomic E-state index is 0.129. The monoisotopic (exact) mass is 165 g/mol. The molecule has 0 amide bonds. The molecule has 1 N–H and O–H groups in total. The highest BCUT2D eigenvalue weighted by Gasteiger charge is 1.94. The average molecular weight is 165 g/mol. The molecule has 0 aliphatic carbocycles. The van der Waals surface area contributed by atoms with Crippen LogP contribution < -0.4 is 4.74 Å². The molecular weight excluding hydrogens is 152 g/mol. The van der Waals surface area contributed by atoms with Crippen LogP contribution in [0.4, 0.5) is 0 Å². The van der Waals surface area contributed by atoms with Crippen molar-refractivity contribution in [3.63, 3.8) is 0 Å². The second kappa shape index (κ2) is 4.65. The number of aromatic hydroxyl groups is 1. The van der Waals surface area contributed by atoms with E-state index in [0.717, 1.165) is 12.8 Å². The van der Waals surface area contributed by atoms with Crippen LogP contribution in [0.3, 0.4) is 0 Å². The predicted molar refractivity (Wildman–Crippen MR) is 47.3 cm³/mol. The Morgan fingerprint density at radius 1 is 1.50 bits per heavy atom. The number of benzene rings is 1. The highest BCUT2D eigenvalue weighted by atomic mass is 16.5. The van der Waals surface area contributed by atoms with E-state index in [1.807, 2.05) is 0 Å². The van der Waals surface area contributed by atoms with Crippen LogP contribution in [0.5, 0.6) is 11.5 Å². The van der Waals surface area contributed by atoms with Crippen molar-refractivity contribution in [2.24, 2.45) is 0 Å². The Hall–Kier alpha value is -1.18. The van der Waals surface area contributed by atoms with Crippen LogP contribution >= 0.6 is 0 Å². The first kappa shape index (κ1) is 8.91. The Morgan fingerprint density at radius 2 is 2.33 bits per heavy atom. The van der Waals surface area contributed by atoms with E-state index in [0.29, 0.717) is 12.4 Å². The number of ether oxygens (including phenoxy) is 1. The van der Waals surface area contributed by atoms with Gasteiger partial charge in [-0.15, -0.1) is 0 Å². The summed E-state index contributed by atoms with van der Waals surface area (Å²) in [5, 5.41) is 9.03. The normalized spacial score (nSPS) is 9.75. The van der Waals surface area contributed by atoms with Gasteiger partial charge in [-0.2, -0.15) is 0 Å². The molecule has 0 unspecified atom stereocenters. The first-order valence-electron chi connectivity index (χ1n) is 4.17. The van der Waals surface area contributed by atoms with Gasteiger partial charge in [0.2, 0.25) is 0 Å². The maximum absolute atomic E-state index is 9.03. The SMILES string of the molecule is CCCCOc1[c]c(O)ccc1. The molecule has 65 valence electrons. The number of hydrogen-bond donors (Lipinski definition) is 1. The maximum Gasteiger partial charge on any atom is 0.131 e. The van der Waals surface area contributed by atoms with Gasteiger partial charge in [0, 0.05) is 0 Å². The molecular formula is C10H13O2. The van der Waals surface area contributed by atoms with Gasteiger partial charge in [-0.05, 0) is 18.6 Å². The van der Waals surface area contributed by atoms with E-state index in [4.69, 9.17) is 9.84 Å². The Kier molecular flexibility index (Phi) is 3.45. The third kappa shape index (κ3) is 2.82. The van der Waals surface area contributed by atoms with Crippen LogP contribution in [0, 0.1) is 6.07 Å². The highest BCUT2D eigenvalue weighted by Crippen LogP contribution is 2.16. The second-order valence-corrected chi connectivity index (χ2v) is 2.60.